The summed E-state index contributed by atoms with van der Waals surface area (Å²) in [7, 11) is 0. The summed E-state index contributed by atoms with van der Waals surface area (Å²) in [6.45, 7) is 0. The molecular weight excluding hydrogens is 829 g/mol. The summed E-state index contributed by atoms with van der Waals surface area (Å²) >= 11 is 0. The van der Waals surface area contributed by atoms with Crippen LogP contribution in [-0.4, -0.2) is 19.5 Å². The molecule has 0 aliphatic rings. The second kappa shape index (κ2) is 15.2. The van der Waals surface area contributed by atoms with Gasteiger partial charge in [-0.25, -0.2) is 15.0 Å². The van der Waals surface area contributed by atoms with Crippen molar-refractivity contribution in [2.24, 2.45) is 0 Å². The molecule has 0 saturated carbocycles. The van der Waals surface area contributed by atoms with E-state index < -0.39 is 0 Å². The van der Waals surface area contributed by atoms with Gasteiger partial charge in [0.15, 0.2) is 17.5 Å². The number of hydrogen-bond donors (Lipinski definition) is 0. The number of nitrogens with zero attached hydrogens (tertiary/aromatic N) is 4. The second-order valence-corrected chi connectivity index (χ2v) is 17.6. The van der Waals surface area contributed by atoms with Crippen LogP contribution in [0.1, 0.15) is 0 Å². The summed E-state index contributed by atoms with van der Waals surface area (Å²) in [6, 6.07) is 81.8. The van der Waals surface area contributed by atoms with Crippen LogP contribution in [0.4, 0.5) is 0 Å². The molecule has 14 aromatic rings. The lowest BCUT2D eigenvalue weighted by atomic mass is 9.96. The van der Waals surface area contributed by atoms with Gasteiger partial charge in [0.1, 0.15) is 11.2 Å². The highest BCUT2D eigenvalue weighted by Crippen LogP contribution is 2.45. The van der Waals surface area contributed by atoms with Gasteiger partial charge in [-0.05, 0) is 74.0 Å². The largest absolute Gasteiger partial charge is 0.456 e. The van der Waals surface area contributed by atoms with Gasteiger partial charge in [0.2, 0.25) is 0 Å². The molecule has 0 aliphatic carbocycles. The fraction of sp³-hybridized carbons (Fsp3) is 0. The molecule has 0 amide bonds. The van der Waals surface area contributed by atoms with Crippen molar-refractivity contribution < 1.29 is 4.42 Å². The standard InChI is InChI=1S/C63H38N4O/c1-3-14-39(15-4-1)41-26-29-44(30-27-41)62-64-61(43-18-5-2-6-19-43)65-63(66-62)51-24-13-25-57-59(51)54-37-52(48-31-28-40-16-7-8-20-45(40)34-48)56(38-58(54)68-57)67-55-36-47-22-10-9-21-46(47)35-53(55)50-33-32-42-17-11-12-23-49(42)60(50)67/h1-38H. The maximum absolute atomic E-state index is 7.00. The van der Waals surface area contributed by atoms with Gasteiger partial charge in [0.25, 0.3) is 0 Å². The quantitative estimate of drug-likeness (QED) is 0.167. The van der Waals surface area contributed by atoms with E-state index in [0.29, 0.717) is 17.5 Å². The third-order valence-electron chi connectivity index (χ3n) is 13.6. The molecule has 0 bridgehead atoms. The molecule has 3 heterocycles. The maximum atomic E-state index is 7.00. The van der Waals surface area contributed by atoms with Crippen LogP contribution in [0.2, 0.25) is 0 Å². The Morgan fingerprint density at radius 1 is 0.309 bits per heavy atom. The minimum absolute atomic E-state index is 0.575. The van der Waals surface area contributed by atoms with Crippen molar-refractivity contribution in [1.82, 2.24) is 19.5 Å². The Kier molecular flexibility index (Phi) is 8.52. The normalized spacial score (nSPS) is 11.8. The summed E-state index contributed by atoms with van der Waals surface area (Å²) < 4.78 is 9.47. The van der Waals surface area contributed by atoms with E-state index in [9.17, 15) is 0 Å². The van der Waals surface area contributed by atoms with Crippen molar-refractivity contribution in [2.75, 3.05) is 0 Å². The van der Waals surface area contributed by atoms with Crippen molar-refractivity contribution in [3.63, 3.8) is 0 Å². The topological polar surface area (TPSA) is 56.7 Å². The minimum Gasteiger partial charge on any atom is -0.456 e. The van der Waals surface area contributed by atoms with E-state index in [1.165, 1.54) is 43.1 Å². The molecule has 0 saturated heterocycles. The molecule has 3 aromatic heterocycles. The number of furan rings is 1. The van der Waals surface area contributed by atoms with Crippen LogP contribution >= 0.6 is 0 Å². The predicted molar refractivity (Wildman–Crippen MR) is 281 cm³/mol. The first-order valence-electron chi connectivity index (χ1n) is 23.0. The van der Waals surface area contributed by atoms with Gasteiger partial charge in [-0.2, -0.15) is 0 Å². The highest BCUT2D eigenvalue weighted by atomic mass is 16.3. The number of fused-ring (bicyclic) bond motifs is 10. The Balaban J connectivity index is 1.05. The van der Waals surface area contributed by atoms with Gasteiger partial charge < -0.3 is 8.98 Å². The second-order valence-electron chi connectivity index (χ2n) is 17.6. The Morgan fingerprint density at radius 3 is 1.65 bits per heavy atom. The number of rotatable bonds is 6. The van der Waals surface area contributed by atoms with Crippen molar-refractivity contribution in [3.05, 3.63) is 231 Å². The summed E-state index contributed by atoms with van der Waals surface area (Å²) in [5, 5.41) is 11.5. The predicted octanol–water partition coefficient (Wildman–Crippen LogP) is 16.7. The van der Waals surface area contributed by atoms with Crippen molar-refractivity contribution in [1.29, 1.82) is 0 Å². The number of hydrogen-bond acceptors (Lipinski definition) is 4. The first-order chi connectivity index (χ1) is 33.7. The average Bonchev–Trinajstić information content (AvgIpc) is 3.95. The molecule has 0 radical (unpaired) electrons. The van der Waals surface area contributed by atoms with Crippen molar-refractivity contribution in [3.8, 4) is 62.1 Å². The molecule has 0 fully saturated rings. The Labute approximate surface area is 390 Å². The summed E-state index contributed by atoms with van der Waals surface area (Å²) in [5.74, 6) is 1.78. The van der Waals surface area contributed by atoms with Gasteiger partial charge in [0.05, 0.1) is 16.7 Å². The van der Waals surface area contributed by atoms with Crippen LogP contribution in [0.5, 0.6) is 0 Å². The zero-order valence-electron chi connectivity index (χ0n) is 36.6. The van der Waals surface area contributed by atoms with Gasteiger partial charge >= 0.3 is 0 Å². The Hall–Kier alpha value is -9.19. The molecule has 0 aliphatic heterocycles. The minimum atomic E-state index is 0.575. The van der Waals surface area contributed by atoms with E-state index in [-0.39, 0.29) is 0 Å². The number of benzene rings is 11. The molecule has 0 N–H and O–H groups in total. The maximum Gasteiger partial charge on any atom is 0.164 e. The van der Waals surface area contributed by atoms with E-state index in [0.717, 1.165) is 77.6 Å². The molecule has 0 unspecified atom stereocenters. The fourth-order valence-corrected chi connectivity index (χ4v) is 10.3. The molecule has 11 aromatic carbocycles. The molecule has 5 nitrogen and oxygen atoms in total. The third kappa shape index (κ3) is 6.14. The first kappa shape index (κ1) is 38.1. The van der Waals surface area contributed by atoms with Gasteiger partial charge in [-0.3, -0.25) is 0 Å². The van der Waals surface area contributed by atoms with E-state index in [1.807, 2.05) is 42.5 Å². The number of aromatic nitrogens is 4. The molecule has 68 heavy (non-hydrogen) atoms. The van der Waals surface area contributed by atoms with Crippen LogP contribution < -0.4 is 0 Å². The highest BCUT2D eigenvalue weighted by Gasteiger charge is 2.24. The van der Waals surface area contributed by atoms with Crippen molar-refractivity contribution >= 4 is 76.1 Å². The first-order valence-corrected chi connectivity index (χ1v) is 23.0. The molecule has 0 spiro atoms. The van der Waals surface area contributed by atoms with Crippen LogP contribution in [0, 0.1) is 0 Å². The smallest absolute Gasteiger partial charge is 0.164 e. The van der Waals surface area contributed by atoms with Crippen molar-refractivity contribution in [2.45, 2.75) is 0 Å². The van der Waals surface area contributed by atoms with Gasteiger partial charge in [0, 0.05) is 55.3 Å². The van der Waals surface area contributed by atoms with Crippen LogP contribution in [-0.2, 0) is 0 Å². The Bertz CT molecular complexity index is 4300. The van der Waals surface area contributed by atoms with Crippen LogP contribution in [0.3, 0.4) is 0 Å². The third-order valence-corrected chi connectivity index (χ3v) is 13.6. The van der Waals surface area contributed by atoms with Crippen LogP contribution in [0.25, 0.3) is 138 Å². The lowest BCUT2D eigenvalue weighted by Gasteiger charge is -2.16. The summed E-state index contributed by atoms with van der Waals surface area (Å²) in [6.07, 6.45) is 0. The molecule has 316 valence electrons. The monoisotopic (exact) mass is 866 g/mol. The lowest BCUT2D eigenvalue weighted by Crippen LogP contribution is -2.00. The SMILES string of the molecule is c1ccc(-c2ccc(-c3nc(-c4ccccc4)nc(-c4cccc5oc6cc(-n7c8cc9ccccc9cc8c8ccc9ccccc9c87)c(-c7ccc8ccccc8c7)cc6c45)n3)cc2)cc1. The average molecular weight is 867 g/mol. The zero-order valence-corrected chi connectivity index (χ0v) is 36.6. The van der Waals surface area contributed by atoms with Gasteiger partial charge in [-0.15, -0.1) is 0 Å². The fourth-order valence-electron chi connectivity index (χ4n) is 10.3. The lowest BCUT2D eigenvalue weighted by molar-refractivity contribution is 0.668. The Morgan fingerprint density at radius 2 is 0.882 bits per heavy atom. The molecule has 0 atom stereocenters. The molecular formula is C63H38N4O. The van der Waals surface area contributed by atoms with E-state index in [1.54, 1.807) is 0 Å². The molecule has 5 heteroatoms. The zero-order chi connectivity index (χ0) is 44.7. The molecule has 14 rings (SSSR count). The van der Waals surface area contributed by atoms with E-state index in [2.05, 4.69) is 193 Å². The summed E-state index contributed by atoms with van der Waals surface area (Å²) in [5.41, 5.74) is 12.0. The summed E-state index contributed by atoms with van der Waals surface area (Å²) in [4.78, 5) is 15.6. The van der Waals surface area contributed by atoms with E-state index in [4.69, 9.17) is 19.4 Å². The highest BCUT2D eigenvalue weighted by molar-refractivity contribution is 6.22. The van der Waals surface area contributed by atoms with Gasteiger partial charge in [-0.1, -0.05) is 194 Å². The van der Waals surface area contributed by atoms with E-state index >= 15 is 0 Å². The van der Waals surface area contributed by atoms with Crippen LogP contribution in [0.15, 0.2) is 235 Å².